The van der Waals surface area contributed by atoms with Gasteiger partial charge in [0.2, 0.25) is 15.9 Å². The lowest BCUT2D eigenvalue weighted by molar-refractivity contribution is -0.120. The van der Waals surface area contributed by atoms with Gasteiger partial charge < -0.3 is 10.3 Å². The van der Waals surface area contributed by atoms with Gasteiger partial charge in [0, 0.05) is 29.3 Å². The molecule has 0 radical (unpaired) electrons. The molecule has 0 bridgehead atoms. The fourth-order valence-corrected chi connectivity index (χ4v) is 5.83. The van der Waals surface area contributed by atoms with Crippen molar-refractivity contribution in [2.45, 2.75) is 56.4 Å². The summed E-state index contributed by atoms with van der Waals surface area (Å²) in [6.07, 6.45) is 4.93. The predicted octanol–water partition coefficient (Wildman–Crippen LogP) is 4.86. The van der Waals surface area contributed by atoms with Gasteiger partial charge in [-0.25, -0.2) is 8.42 Å². The number of anilines is 1. The average molecular weight is 440 g/mol. The third kappa shape index (κ3) is 4.38. The van der Waals surface area contributed by atoms with Crippen molar-refractivity contribution < 1.29 is 13.2 Å². The van der Waals surface area contributed by atoms with Gasteiger partial charge in [0.1, 0.15) is 6.04 Å². The van der Waals surface area contributed by atoms with E-state index in [4.69, 9.17) is 0 Å². The summed E-state index contributed by atoms with van der Waals surface area (Å²) >= 11 is 0. The van der Waals surface area contributed by atoms with Crippen LogP contribution >= 0.6 is 0 Å². The molecule has 2 aromatic carbocycles. The van der Waals surface area contributed by atoms with Crippen LogP contribution in [0.4, 0.5) is 5.69 Å². The van der Waals surface area contributed by atoms with Crippen molar-refractivity contribution in [3.05, 3.63) is 60.3 Å². The lowest BCUT2D eigenvalue weighted by Gasteiger charge is -2.33. The maximum absolute atomic E-state index is 13.4. The summed E-state index contributed by atoms with van der Waals surface area (Å²) in [4.78, 5) is 16.4. The molecule has 1 aliphatic rings. The molecular formula is C24H29N3O3S. The van der Waals surface area contributed by atoms with Gasteiger partial charge in [-0.1, -0.05) is 32.4 Å². The molecule has 2 unspecified atom stereocenters. The van der Waals surface area contributed by atoms with Gasteiger partial charge in [-0.15, -0.1) is 0 Å². The number of H-pyrrole nitrogens is 1. The summed E-state index contributed by atoms with van der Waals surface area (Å²) in [5.41, 5.74) is 2.80. The molecule has 6 nitrogen and oxygen atoms in total. The number of fused-ring (bicyclic) bond motifs is 1. The number of carbonyl (C=O) groups excluding carboxylic acids is 1. The van der Waals surface area contributed by atoms with Crippen molar-refractivity contribution in [2.24, 2.45) is 0 Å². The van der Waals surface area contributed by atoms with Crippen LogP contribution < -0.4 is 5.32 Å². The number of hydrogen-bond acceptors (Lipinski definition) is 3. The smallest absolute Gasteiger partial charge is 0.243 e. The van der Waals surface area contributed by atoms with E-state index in [0.717, 1.165) is 30.2 Å². The van der Waals surface area contributed by atoms with Gasteiger partial charge in [0.05, 0.1) is 4.90 Å². The molecule has 0 aliphatic carbocycles. The second-order valence-electron chi connectivity index (χ2n) is 8.27. The molecule has 2 N–H and O–H groups in total. The first-order chi connectivity index (χ1) is 14.9. The van der Waals surface area contributed by atoms with Gasteiger partial charge in [-0.05, 0) is 67.1 Å². The van der Waals surface area contributed by atoms with Crippen molar-refractivity contribution in [3.63, 3.8) is 0 Å². The first-order valence-corrected chi connectivity index (χ1v) is 12.3. The molecule has 1 amide bonds. The Hall–Kier alpha value is -2.64. The molecule has 4 rings (SSSR count). The quantitative estimate of drug-likeness (QED) is 0.575. The normalized spacial score (nSPS) is 18.7. The highest BCUT2D eigenvalue weighted by molar-refractivity contribution is 7.89. The van der Waals surface area contributed by atoms with Gasteiger partial charge in [0.15, 0.2) is 0 Å². The molecule has 1 saturated heterocycles. The number of hydrogen-bond donors (Lipinski definition) is 2. The lowest BCUT2D eigenvalue weighted by Crippen LogP contribution is -2.49. The maximum Gasteiger partial charge on any atom is 0.243 e. The zero-order valence-electron chi connectivity index (χ0n) is 18.0. The van der Waals surface area contributed by atoms with E-state index in [1.165, 1.54) is 9.87 Å². The fraction of sp³-hybridized carbons (Fsp3) is 0.375. The van der Waals surface area contributed by atoms with E-state index in [2.05, 4.69) is 24.1 Å². The minimum Gasteiger partial charge on any atom is -0.361 e. The molecule has 0 saturated carbocycles. The van der Waals surface area contributed by atoms with Crippen LogP contribution in [0.3, 0.4) is 0 Å². The Morgan fingerprint density at radius 2 is 1.94 bits per heavy atom. The molecular weight excluding hydrogens is 410 g/mol. The standard InChI is InChI=1S/C24H29N3O3S/c1-3-17(2)18-7-9-20(10-8-18)26-24(28)23-6-4-5-15-27(23)31(29,30)21-11-12-22-19(16-21)13-14-25-22/h7-14,16-17,23,25H,3-6,15H2,1-2H3,(H,26,28). The van der Waals surface area contributed by atoms with Crippen molar-refractivity contribution >= 4 is 32.5 Å². The number of piperidine rings is 1. The van der Waals surface area contributed by atoms with E-state index in [0.29, 0.717) is 24.6 Å². The van der Waals surface area contributed by atoms with Crippen LogP contribution in [-0.2, 0) is 14.8 Å². The zero-order chi connectivity index (χ0) is 22.0. The van der Waals surface area contributed by atoms with Crippen LogP contribution in [0.25, 0.3) is 10.9 Å². The minimum absolute atomic E-state index is 0.220. The molecule has 1 fully saturated rings. The van der Waals surface area contributed by atoms with Gasteiger partial charge in [0.25, 0.3) is 0 Å². The number of nitrogens with zero attached hydrogens (tertiary/aromatic N) is 1. The predicted molar refractivity (Wildman–Crippen MR) is 124 cm³/mol. The Morgan fingerprint density at radius 3 is 2.68 bits per heavy atom. The van der Waals surface area contributed by atoms with Gasteiger partial charge in [-0.2, -0.15) is 4.31 Å². The van der Waals surface area contributed by atoms with Crippen molar-refractivity contribution in [1.29, 1.82) is 0 Å². The monoisotopic (exact) mass is 439 g/mol. The number of benzene rings is 2. The molecule has 2 atom stereocenters. The highest BCUT2D eigenvalue weighted by Crippen LogP contribution is 2.28. The number of sulfonamides is 1. The van der Waals surface area contributed by atoms with E-state index in [1.54, 1.807) is 24.4 Å². The summed E-state index contributed by atoms with van der Waals surface area (Å²) in [7, 11) is -3.78. The number of aromatic amines is 1. The van der Waals surface area contributed by atoms with Crippen LogP contribution in [0.15, 0.2) is 59.6 Å². The van der Waals surface area contributed by atoms with Crippen LogP contribution in [-0.4, -0.2) is 36.2 Å². The number of amides is 1. The third-order valence-corrected chi connectivity index (χ3v) is 8.15. The van der Waals surface area contributed by atoms with Crippen molar-refractivity contribution in [2.75, 3.05) is 11.9 Å². The molecule has 1 aliphatic heterocycles. The Labute approximate surface area is 183 Å². The summed E-state index contributed by atoms with van der Waals surface area (Å²) in [6.45, 7) is 4.66. The lowest BCUT2D eigenvalue weighted by atomic mass is 9.98. The van der Waals surface area contributed by atoms with Crippen molar-refractivity contribution in [1.82, 2.24) is 9.29 Å². The van der Waals surface area contributed by atoms with Gasteiger partial charge in [-0.3, -0.25) is 4.79 Å². The SMILES string of the molecule is CCC(C)c1ccc(NC(=O)C2CCCCN2S(=O)(=O)c2ccc3[nH]ccc3c2)cc1. The number of aromatic nitrogens is 1. The summed E-state index contributed by atoms with van der Waals surface area (Å²) in [5, 5.41) is 3.76. The molecule has 164 valence electrons. The third-order valence-electron chi connectivity index (χ3n) is 6.25. The van der Waals surface area contributed by atoms with Crippen LogP contribution in [0.1, 0.15) is 51.0 Å². The average Bonchev–Trinajstić information content (AvgIpc) is 3.27. The Balaban J connectivity index is 1.55. The van der Waals surface area contributed by atoms with Gasteiger partial charge >= 0.3 is 0 Å². The Morgan fingerprint density at radius 1 is 1.16 bits per heavy atom. The number of nitrogens with one attached hydrogen (secondary N) is 2. The second kappa shape index (κ2) is 8.85. The number of carbonyl (C=O) groups is 1. The Bertz CT molecular complexity index is 1170. The molecule has 3 aromatic rings. The highest BCUT2D eigenvalue weighted by atomic mass is 32.2. The minimum atomic E-state index is -3.78. The van der Waals surface area contributed by atoms with E-state index in [1.807, 2.05) is 30.3 Å². The van der Waals surface area contributed by atoms with E-state index >= 15 is 0 Å². The van der Waals surface area contributed by atoms with Crippen molar-refractivity contribution in [3.8, 4) is 0 Å². The largest absolute Gasteiger partial charge is 0.361 e. The summed E-state index contributed by atoms with van der Waals surface area (Å²) < 4.78 is 28.2. The second-order valence-corrected chi connectivity index (χ2v) is 10.2. The first-order valence-electron chi connectivity index (χ1n) is 10.9. The van der Waals surface area contributed by atoms with E-state index < -0.39 is 16.1 Å². The Kier molecular flexibility index (Phi) is 6.16. The van der Waals surface area contributed by atoms with E-state index in [9.17, 15) is 13.2 Å². The molecule has 0 spiro atoms. The van der Waals surface area contributed by atoms with E-state index in [-0.39, 0.29) is 10.8 Å². The highest BCUT2D eigenvalue weighted by Gasteiger charge is 2.37. The topological polar surface area (TPSA) is 82.3 Å². The fourth-order valence-electron chi connectivity index (χ4n) is 4.14. The maximum atomic E-state index is 13.4. The number of rotatable bonds is 6. The first kappa shape index (κ1) is 21.6. The summed E-state index contributed by atoms with van der Waals surface area (Å²) in [6, 6.07) is 14.0. The van der Waals surface area contributed by atoms with Crippen LogP contribution in [0.2, 0.25) is 0 Å². The van der Waals surface area contributed by atoms with Crippen LogP contribution in [0, 0.1) is 0 Å². The molecule has 1 aromatic heterocycles. The summed E-state index contributed by atoms with van der Waals surface area (Å²) in [5.74, 6) is 0.184. The van der Waals surface area contributed by atoms with Crippen LogP contribution in [0.5, 0.6) is 0 Å². The molecule has 7 heteroatoms. The molecule has 2 heterocycles. The zero-order valence-corrected chi connectivity index (χ0v) is 18.8. The molecule has 31 heavy (non-hydrogen) atoms.